The first-order valence-corrected chi connectivity index (χ1v) is 7.79. The fraction of sp³-hybridized carbons (Fsp3) is 0.176. The molecule has 0 aromatic heterocycles. The smallest absolute Gasteiger partial charge is 0.310 e. The predicted molar refractivity (Wildman–Crippen MR) is 94.4 cm³/mol. The van der Waals surface area contributed by atoms with Gasteiger partial charge in [-0.25, -0.2) is 0 Å². The lowest BCUT2D eigenvalue weighted by Gasteiger charge is -2.07. The van der Waals surface area contributed by atoms with Crippen LogP contribution in [0.2, 0.25) is 5.02 Å². The lowest BCUT2D eigenvalue weighted by molar-refractivity contribution is -0.384. The molecule has 2 rings (SSSR count). The average molecular weight is 379 g/mol. The summed E-state index contributed by atoms with van der Waals surface area (Å²) in [7, 11) is 1.54. The number of hydrogen-bond donors (Lipinski definition) is 1. The normalized spacial score (nSPS) is 10.1. The fourth-order valence-corrected chi connectivity index (χ4v) is 2.22. The van der Waals surface area contributed by atoms with Crippen LogP contribution in [0.1, 0.15) is 5.56 Å². The third-order valence-electron chi connectivity index (χ3n) is 3.30. The number of nitrogens with one attached hydrogen (secondary N) is 1. The molecule has 26 heavy (non-hydrogen) atoms. The highest BCUT2D eigenvalue weighted by molar-refractivity contribution is 6.32. The lowest BCUT2D eigenvalue weighted by Crippen LogP contribution is -2.21. The van der Waals surface area contributed by atoms with E-state index in [4.69, 9.17) is 21.1 Å². The fourth-order valence-electron chi connectivity index (χ4n) is 2.03. The maximum absolute atomic E-state index is 11.8. The second-order valence-corrected chi connectivity index (χ2v) is 5.56. The van der Waals surface area contributed by atoms with Crippen molar-refractivity contribution in [2.75, 3.05) is 19.0 Å². The Bertz CT molecular complexity index is 823. The molecule has 0 atom stereocenters. The van der Waals surface area contributed by atoms with Gasteiger partial charge in [-0.05, 0) is 29.8 Å². The van der Waals surface area contributed by atoms with Gasteiger partial charge < -0.3 is 14.8 Å². The lowest BCUT2D eigenvalue weighted by atomic mass is 10.1. The Balaban J connectivity index is 1.85. The van der Waals surface area contributed by atoms with Crippen molar-refractivity contribution in [1.29, 1.82) is 0 Å². The monoisotopic (exact) mass is 378 g/mol. The van der Waals surface area contributed by atoms with Gasteiger partial charge in [0.2, 0.25) is 0 Å². The summed E-state index contributed by atoms with van der Waals surface area (Å²) in [6.07, 6.45) is 0.00366. The number of nitro groups is 1. The van der Waals surface area contributed by atoms with Crippen molar-refractivity contribution in [3.05, 3.63) is 63.2 Å². The van der Waals surface area contributed by atoms with Crippen LogP contribution in [0.3, 0.4) is 0 Å². The van der Waals surface area contributed by atoms with E-state index in [0.717, 1.165) is 6.07 Å². The number of rotatable bonds is 7. The van der Waals surface area contributed by atoms with Gasteiger partial charge in [-0.15, -0.1) is 0 Å². The van der Waals surface area contributed by atoms with Crippen LogP contribution in [0.25, 0.3) is 0 Å². The minimum atomic E-state index is -0.660. The highest BCUT2D eigenvalue weighted by Gasteiger charge is 2.15. The summed E-state index contributed by atoms with van der Waals surface area (Å²) < 4.78 is 9.92. The van der Waals surface area contributed by atoms with Gasteiger partial charge in [0.25, 0.3) is 11.6 Å². The van der Waals surface area contributed by atoms with E-state index in [0.29, 0.717) is 11.3 Å². The number of amides is 1. The van der Waals surface area contributed by atoms with E-state index in [9.17, 15) is 19.7 Å². The number of nitrogens with zero attached hydrogens (tertiary/aromatic N) is 1. The van der Waals surface area contributed by atoms with Gasteiger partial charge in [-0.1, -0.05) is 23.7 Å². The Labute approximate surface area is 153 Å². The molecule has 0 unspecified atom stereocenters. The van der Waals surface area contributed by atoms with Crippen molar-refractivity contribution in [1.82, 2.24) is 0 Å². The Kier molecular flexibility index (Phi) is 6.51. The largest absolute Gasteiger partial charge is 0.497 e. The van der Waals surface area contributed by atoms with Crippen LogP contribution in [-0.2, 0) is 20.7 Å². The van der Waals surface area contributed by atoms with E-state index in [2.05, 4.69) is 5.32 Å². The second kappa shape index (κ2) is 8.82. The second-order valence-electron chi connectivity index (χ2n) is 5.16. The van der Waals surface area contributed by atoms with Crippen LogP contribution in [0.15, 0.2) is 42.5 Å². The van der Waals surface area contributed by atoms with Crippen molar-refractivity contribution < 1.29 is 24.0 Å². The molecule has 0 spiro atoms. The summed E-state index contributed by atoms with van der Waals surface area (Å²) in [4.78, 5) is 33.7. The zero-order chi connectivity index (χ0) is 19.1. The Hall–Kier alpha value is -3.13. The van der Waals surface area contributed by atoms with Crippen molar-refractivity contribution in [3.8, 4) is 5.75 Å². The highest BCUT2D eigenvalue weighted by atomic mass is 35.5. The van der Waals surface area contributed by atoms with Crippen LogP contribution in [0, 0.1) is 10.1 Å². The number of anilines is 1. The molecule has 0 fully saturated rings. The van der Waals surface area contributed by atoms with Gasteiger partial charge in [-0.3, -0.25) is 19.7 Å². The molecule has 2 aromatic rings. The predicted octanol–water partition coefficient (Wildman–Crippen LogP) is 2.98. The molecular formula is C17H15ClN2O6. The topological polar surface area (TPSA) is 108 Å². The zero-order valence-corrected chi connectivity index (χ0v) is 14.5. The molecule has 0 radical (unpaired) electrons. The molecule has 0 aliphatic rings. The number of carbonyl (C=O) groups is 2. The molecule has 9 heteroatoms. The number of hydrogen-bond acceptors (Lipinski definition) is 6. The molecule has 136 valence electrons. The zero-order valence-electron chi connectivity index (χ0n) is 13.7. The number of carbonyl (C=O) groups excluding carboxylic acids is 2. The first-order valence-electron chi connectivity index (χ1n) is 7.41. The van der Waals surface area contributed by atoms with Gasteiger partial charge in [0.1, 0.15) is 10.8 Å². The molecule has 0 saturated heterocycles. The van der Waals surface area contributed by atoms with Crippen molar-refractivity contribution in [3.63, 3.8) is 0 Å². The van der Waals surface area contributed by atoms with Gasteiger partial charge in [0, 0.05) is 11.8 Å². The molecular weight excluding hydrogens is 364 g/mol. The van der Waals surface area contributed by atoms with Crippen molar-refractivity contribution in [2.45, 2.75) is 6.42 Å². The van der Waals surface area contributed by atoms with E-state index in [-0.39, 0.29) is 22.8 Å². The van der Waals surface area contributed by atoms with E-state index in [1.165, 1.54) is 19.2 Å². The van der Waals surface area contributed by atoms with E-state index in [1.54, 1.807) is 24.3 Å². The first-order chi connectivity index (χ1) is 12.4. The Morgan fingerprint density at radius 2 is 1.88 bits per heavy atom. The maximum Gasteiger partial charge on any atom is 0.310 e. The summed E-state index contributed by atoms with van der Waals surface area (Å²) in [5.74, 6) is -0.532. The van der Waals surface area contributed by atoms with E-state index in [1.807, 2.05) is 0 Å². The number of methoxy groups -OCH3 is 1. The van der Waals surface area contributed by atoms with Crippen LogP contribution >= 0.6 is 11.6 Å². The SMILES string of the molecule is COc1ccc(CC(=O)OCC(=O)Nc2ccc(Cl)c([N+](=O)[O-])c2)cc1. The molecule has 8 nitrogen and oxygen atoms in total. The standard InChI is InChI=1S/C17H15ClN2O6/c1-25-13-5-2-11(3-6-13)8-17(22)26-10-16(21)19-12-4-7-14(18)15(9-12)20(23)24/h2-7,9H,8,10H2,1H3,(H,19,21). The number of halogens is 1. The summed E-state index contributed by atoms with van der Waals surface area (Å²) in [6.45, 7) is -0.509. The minimum absolute atomic E-state index is 0.00366. The molecule has 1 amide bonds. The molecule has 2 aromatic carbocycles. The number of nitro benzene ring substituents is 1. The Morgan fingerprint density at radius 1 is 1.19 bits per heavy atom. The van der Waals surface area contributed by atoms with Crippen LogP contribution in [0.4, 0.5) is 11.4 Å². The number of benzene rings is 2. The maximum atomic E-state index is 11.8. The van der Waals surface area contributed by atoms with Gasteiger partial charge in [0.05, 0.1) is 18.5 Å². The summed E-state index contributed by atoms with van der Waals surface area (Å²) in [5.41, 5.74) is 0.558. The molecule has 0 aliphatic heterocycles. The highest BCUT2D eigenvalue weighted by Crippen LogP contribution is 2.27. The molecule has 1 N–H and O–H groups in total. The summed E-state index contributed by atoms with van der Waals surface area (Å²) in [6, 6.07) is 10.7. The van der Waals surface area contributed by atoms with E-state index < -0.39 is 23.4 Å². The molecule has 0 bridgehead atoms. The third-order valence-corrected chi connectivity index (χ3v) is 3.62. The van der Waals surface area contributed by atoms with Crippen LogP contribution < -0.4 is 10.1 Å². The van der Waals surface area contributed by atoms with Crippen molar-refractivity contribution in [2.24, 2.45) is 0 Å². The average Bonchev–Trinajstić information content (AvgIpc) is 2.62. The molecule has 0 heterocycles. The van der Waals surface area contributed by atoms with Gasteiger partial charge >= 0.3 is 5.97 Å². The number of ether oxygens (including phenoxy) is 2. The summed E-state index contributed by atoms with van der Waals surface area (Å²) >= 11 is 5.69. The molecule has 0 aliphatic carbocycles. The minimum Gasteiger partial charge on any atom is -0.497 e. The van der Waals surface area contributed by atoms with Crippen molar-refractivity contribution >= 4 is 34.9 Å². The van der Waals surface area contributed by atoms with E-state index >= 15 is 0 Å². The van der Waals surface area contributed by atoms with Crippen LogP contribution in [0.5, 0.6) is 5.75 Å². The first kappa shape index (κ1) is 19.2. The quantitative estimate of drug-likeness (QED) is 0.451. The van der Waals surface area contributed by atoms with Crippen LogP contribution in [-0.4, -0.2) is 30.5 Å². The number of esters is 1. The van der Waals surface area contributed by atoms with Gasteiger partial charge in [-0.2, -0.15) is 0 Å². The Morgan fingerprint density at radius 3 is 2.50 bits per heavy atom. The molecule has 0 saturated carbocycles. The van der Waals surface area contributed by atoms with Gasteiger partial charge in [0.15, 0.2) is 6.61 Å². The third kappa shape index (κ3) is 5.45. The summed E-state index contributed by atoms with van der Waals surface area (Å²) in [5, 5.41) is 13.2.